The van der Waals surface area contributed by atoms with Crippen LogP contribution >= 0.6 is 0 Å². The highest BCUT2D eigenvalue weighted by atomic mass is 19.1. The molecule has 0 fully saturated rings. The van der Waals surface area contributed by atoms with Crippen molar-refractivity contribution < 1.29 is 13.9 Å². The third kappa shape index (κ3) is 8.93. The molecule has 0 radical (unpaired) electrons. The quantitative estimate of drug-likeness (QED) is 0.361. The second-order valence-electron chi connectivity index (χ2n) is 5.98. The average Bonchev–Trinajstić information content (AvgIpc) is 2.56. The number of guanidine groups is 1. The summed E-state index contributed by atoms with van der Waals surface area (Å²) in [6.07, 6.45) is -0.196. The van der Waals surface area contributed by atoms with E-state index in [1.165, 1.54) is 12.1 Å². The van der Waals surface area contributed by atoms with Gasteiger partial charge in [-0.15, -0.1) is 0 Å². The van der Waals surface area contributed by atoms with Gasteiger partial charge in [-0.25, -0.2) is 9.38 Å². The van der Waals surface area contributed by atoms with E-state index in [1.807, 2.05) is 27.7 Å². The summed E-state index contributed by atoms with van der Waals surface area (Å²) in [5, 5.41) is 9.12. The first-order chi connectivity index (χ1) is 11.9. The van der Waals surface area contributed by atoms with Crippen LogP contribution in [0.25, 0.3) is 0 Å². The van der Waals surface area contributed by atoms with E-state index < -0.39 is 0 Å². The highest BCUT2D eigenvalue weighted by Gasteiger charge is 2.07. The molecule has 0 saturated heterocycles. The summed E-state index contributed by atoms with van der Waals surface area (Å²) in [5.41, 5.74) is 0. The normalized spacial score (nSPS) is 12.6. The molecule has 1 aromatic carbocycles. The Labute approximate surface area is 149 Å². The van der Waals surface area contributed by atoms with E-state index in [9.17, 15) is 9.18 Å². The smallest absolute Gasteiger partial charge is 0.222 e. The number of aliphatic imine (C=N–C) groups is 1. The zero-order valence-electron chi connectivity index (χ0n) is 15.4. The maximum absolute atomic E-state index is 13.2. The predicted octanol–water partition coefficient (Wildman–Crippen LogP) is 1.92. The van der Waals surface area contributed by atoms with E-state index in [4.69, 9.17) is 4.74 Å². The van der Waals surface area contributed by atoms with Gasteiger partial charge < -0.3 is 20.7 Å². The Morgan fingerprint density at radius 2 is 1.92 bits per heavy atom. The molecular weight excluding hydrogens is 323 g/mol. The average molecular weight is 352 g/mol. The number of carbonyl (C=O) groups is 1. The minimum absolute atomic E-state index is 0.0253. The van der Waals surface area contributed by atoms with Crippen molar-refractivity contribution in [3.63, 3.8) is 0 Å². The Morgan fingerprint density at radius 1 is 1.20 bits per heavy atom. The van der Waals surface area contributed by atoms with Crippen molar-refractivity contribution in [2.45, 2.75) is 33.8 Å². The summed E-state index contributed by atoms with van der Waals surface area (Å²) < 4.78 is 18.8. The molecule has 140 valence electrons. The van der Waals surface area contributed by atoms with Gasteiger partial charge >= 0.3 is 0 Å². The van der Waals surface area contributed by atoms with Crippen LogP contribution < -0.4 is 20.7 Å². The molecule has 1 unspecified atom stereocenters. The van der Waals surface area contributed by atoms with Gasteiger partial charge in [-0.3, -0.25) is 4.79 Å². The van der Waals surface area contributed by atoms with Crippen molar-refractivity contribution >= 4 is 11.9 Å². The summed E-state index contributed by atoms with van der Waals surface area (Å²) in [5.74, 6) is 0.809. The van der Waals surface area contributed by atoms with Gasteiger partial charge in [0.25, 0.3) is 0 Å². The summed E-state index contributed by atoms with van der Waals surface area (Å²) >= 11 is 0. The number of hydrogen-bond donors (Lipinski definition) is 3. The molecule has 0 aliphatic carbocycles. The Bertz CT molecular complexity index is 564. The Hall–Kier alpha value is -2.31. The summed E-state index contributed by atoms with van der Waals surface area (Å²) in [7, 11) is 0. The monoisotopic (exact) mass is 352 g/mol. The molecule has 1 amide bonds. The number of hydrogen-bond acceptors (Lipinski definition) is 3. The third-order valence-electron chi connectivity index (χ3n) is 3.23. The number of rotatable bonds is 9. The first kappa shape index (κ1) is 20.7. The number of nitrogens with zero attached hydrogens (tertiary/aromatic N) is 1. The predicted molar refractivity (Wildman–Crippen MR) is 98.3 cm³/mol. The van der Waals surface area contributed by atoms with E-state index in [2.05, 4.69) is 20.9 Å². The zero-order chi connectivity index (χ0) is 18.7. The van der Waals surface area contributed by atoms with Gasteiger partial charge in [0.15, 0.2) is 5.96 Å². The molecule has 0 heterocycles. The Morgan fingerprint density at radius 3 is 2.56 bits per heavy atom. The number of amides is 1. The highest BCUT2D eigenvalue weighted by molar-refractivity contribution is 5.80. The molecule has 0 saturated carbocycles. The second-order valence-corrected chi connectivity index (χ2v) is 5.98. The lowest BCUT2D eigenvalue weighted by molar-refractivity contribution is -0.123. The topological polar surface area (TPSA) is 74.8 Å². The minimum atomic E-state index is -0.327. The molecule has 25 heavy (non-hydrogen) atoms. The van der Waals surface area contributed by atoms with Crippen LogP contribution in [-0.4, -0.2) is 44.1 Å². The van der Waals surface area contributed by atoms with Crippen LogP contribution in [0.5, 0.6) is 5.75 Å². The van der Waals surface area contributed by atoms with Crippen molar-refractivity contribution in [3.8, 4) is 5.75 Å². The third-order valence-corrected chi connectivity index (χ3v) is 3.23. The lowest BCUT2D eigenvalue weighted by atomic mass is 10.2. The Kier molecular flexibility index (Phi) is 9.36. The molecule has 7 heteroatoms. The van der Waals surface area contributed by atoms with Gasteiger partial charge in [0.1, 0.15) is 17.7 Å². The van der Waals surface area contributed by atoms with Crippen molar-refractivity contribution in [2.75, 3.05) is 26.2 Å². The molecule has 0 spiro atoms. The number of carbonyl (C=O) groups excluding carboxylic acids is 1. The summed E-state index contributed by atoms with van der Waals surface area (Å²) in [6, 6.07) is 6.05. The zero-order valence-corrected chi connectivity index (χ0v) is 15.4. The largest absolute Gasteiger partial charge is 0.489 e. The van der Waals surface area contributed by atoms with E-state index in [0.29, 0.717) is 31.3 Å². The molecule has 0 aromatic heterocycles. The summed E-state index contributed by atoms with van der Waals surface area (Å²) in [6.45, 7) is 9.81. The SMILES string of the molecule is CCNC(=NCC(C)Oc1cccc(F)c1)NCCNC(=O)C(C)C. The number of ether oxygens (including phenoxy) is 1. The molecule has 1 rings (SSSR count). The molecule has 3 N–H and O–H groups in total. The van der Waals surface area contributed by atoms with Crippen LogP contribution in [0.2, 0.25) is 0 Å². The molecule has 0 aliphatic rings. The molecule has 0 bridgehead atoms. The van der Waals surface area contributed by atoms with Crippen LogP contribution in [0.15, 0.2) is 29.3 Å². The van der Waals surface area contributed by atoms with Crippen LogP contribution in [0.4, 0.5) is 4.39 Å². The number of benzene rings is 1. The van der Waals surface area contributed by atoms with Gasteiger partial charge in [-0.1, -0.05) is 19.9 Å². The van der Waals surface area contributed by atoms with Crippen LogP contribution in [-0.2, 0) is 4.79 Å². The van der Waals surface area contributed by atoms with Gasteiger partial charge in [0.05, 0.1) is 6.54 Å². The van der Waals surface area contributed by atoms with Gasteiger partial charge in [0, 0.05) is 31.6 Å². The highest BCUT2D eigenvalue weighted by Crippen LogP contribution is 2.13. The first-order valence-corrected chi connectivity index (χ1v) is 8.64. The van der Waals surface area contributed by atoms with Crippen molar-refractivity contribution in [1.82, 2.24) is 16.0 Å². The molecule has 1 atom stereocenters. The molecular formula is C18H29FN4O2. The number of nitrogens with one attached hydrogen (secondary N) is 3. The van der Waals surface area contributed by atoms with Crippen molar-refractivity contribution in [1.29, 1.82) is 0 Å². The van der Waals surface area contributed by atoms with E-state index in [1.54, 1.807) is 12.1 Å². The maximum atomic E-state index is 13.2. The fourth-order valence-electron chi connectivity index (χ4n) is 1.94. The van der Waals surface area contributed by atoms with E-state index in [-0.39, 0.29) is 23.7 Å². The Balaban J connectivity index is 2.41. The lowest BCUT2D eigenvalue weighted by Crippen LogP contribution is -2.42. The molecule has 1 aromatic rings. The van der Waals surface area contributed by atoms with Crippen molar-refractivity contribution in [2.24, 2.45) is 10.9 Å². The number of halogens is 1. The minimum Gasteiger partial charge on any atom is -0.489 e. The maximum Gasteiger partial charge on any atom is 0.222 e. The summed E-state index contributed by atoms with van der Waals surface area (Å²) in [4.78, 5) is 15.9. The van der Waals surface area contributed by atoms with E-state index >= 15 is 0 Å². The van der Waals surface area contributed by atoms with Gasteiger partial charge in [-0.05, 0) is 26.0 Å². The fraction of sp³-hybridized carbons (Fsp3) is 0.556. The first-order valence-electron chi connectivity index (χ1n) is 8.64. The van der Waals surface area contributed by atoms with Crippen LogP contribution in [0.1, 0.15) is 27.7 Å². The van der Waals surface area contributed by atoms with Gasteiger partial charge in [-0.2, -0.15) is 0 Å². The van der Waals surface area contributed by atoms with E-state index in [0.717, 1.165) is 6.54 Å². The van der Waals surface area contributed by atoms with Crippen molar-refractivity contribution in [3.05, 3.63) is 30.1 Å². The molecule has 6 nitrogen and oxygen atoms in total. The van der Waals surface area contributed by atoms with Crippen LogP contribution in [0, 0.1) is 11.7 Å². The van der Waals surface area contributed by atoms with Crippen LogP contribution in [0.3, 0.4) is 0 Å². The second kappa shape index (κ2) is 11.3. The molecule has 0 aliphatic heterocycles. The van der Waals surface area contributed by atoms with Gasteiger partial charge in [0.2, 0.25) is 5.91 Å². The fourth-order valence-corrected chi connectivity index (χ4v) is 1.94. The standard InChI is InChI=1S/C18H29FN4O2/c1-5-20-18(22-10-9-21-17(24)13(2)3)23-12-14(4)25-16-8-6-7-15(19)11-16/h6-8,11,13-14H,5,9-10,12H2,1-4H3,(H,21,24)(H2,20,22,23). The lowest BCUT2D eigenvalue weighted by Gasteiger charge is -2.15.